The lowest BCUT2D eigenvalue weighted by atomic mass is 9.85. The van der Waals surface area contributed by atoms with Crippen LogP contribution in [0.2, 0.25) is 0 Å². The number of urea groups is 1. The summed E-state index contributed by atoms with van der Waals surface area (Å²) in [5, 5.41) is 2.92. The van der Waals surface area contributed by atoms with Crippen molar-refractivity contribution < 1.29 is 9.59 Å². The molecule has 130 valence electrons. The number of hydrogen-bond donors (Lipinski definition) is 1. The van der Waals surface area contributed by atoms with E-state index in [4.69, 9.17) is 0 Å². The van der Waals surface area contributed by atoms with Gasteiger partial charge in [0.25, 0.3) is 0 Å². The van der Waals surface area contributed by atoms with E-state index in [1.807, 2.05) is 24.1 Å². The van der Waals surface area contributed by atoms with Gasteiger partial charge in [-0.1, -0.05) is 30.7 Å². The summed E-state index contributed by atoms with van der Waals surface area (Å²) in [5.41, 5.74) is 2.49. The Morgan fingerprint density at radius 3 is 2.46 bits per heavy atom. The fraction of sp³-hybridized carbons (Fsp3) is 0.579. The van der Waals surface area contributed by atoms with Gasteiger partial charge in [0.15, 0.2) is 0 Å². The van der Waals surface area contributed by atoms with E-state index in [0.29, 0.717) is 38.4 Å². The molecule has 5 heteroatoms. The standard InChI is InChI=1S/C19H27N3O2/c1-21(12-15-6-4-7-15)19(24)20-11-5-10-18(23)22-13-16-8-2-3-9-17(16)14-22/h2-3,8-9,15H,4-7,10-14H2,1H3,(H,20,24). The van der Waals surface area contributed by atoms with Crippen molar-refractivity contribution in [3.8, 4) is 0 Å². The third-order valence-electron chi connectivity index (χ3n) is 5.14. The first-order chi connectivity index (χ1) is 11.6. The van der Waals surface area contributed by atoms with Crippen LogP contribution in [0.15, 0.2) is 24.3 Å². The van der Waals surface area contributed by atoms with E-state index < -0.39 is 0 Å². The van der Waals surface area contributed by atoms with Crippen LogP contribution >= 0.6 is 0 Å². The first kappa shape index (κ1) is 16.8. The van der Waals surface area contributed by atoms with E-state index in [0.717, 1.165) is 6.54 Å². The second-order valence-corrected chi connectivity index (χ2v) is 7.03. The van der Waals surface area contributed by atoms with Crippen molar-refractivity contribution in [3.63, 3.8) is 0 Å². The highest BCUT2D eigenvalue weighted by atomic mass is 16.2. The van der Waals surface area contributed by atoms with E-state index in [2.05, 4.69) is 17.4 Å². The van der Waals surface area contributed by atoms with Crippen molar-refractivity contribution in [2.45, 2.75) is 45.2 Å². The quantitative estimate of drug-likeness (QED) is 0.816. The van der Waals surface area contributed by atoms with Crippen molar-refractivity contribution in [2.75, 3.05) is 20.1 Å². The number of hydrogen-bond acceptors (Lipinski definition) is 2. The minimum absolute atomic E-state index is 0.0251. The molecule has 1 aliphatic heterocycles. The molecule has 1 aromatic rings. The zero-order valence-electron chi connectivity index (χ0n) is 14.5. The molecule has 1 saturated carbocycles. The monoisotopic (exact) mass is 329 g/mol. The van der Waals surface area contributed by atoms with Crippen LogP contribution < -0.4 is 5.32 Å². The van der Waals surface area contributed by atoms with Crippen molar-refractivity contribution in [3.05, 3.63) is 35.4 Å². The molecular formula is C19H27N3O2. The number of benzene rings is 1. The summed E-state index contributed by atoms with van der Waals surface area (Å²) in [6, 6.07) is 8.18. The summed E-state index contributed by atoms with van der Waals surface area (Å²) in [4.78, 5) is 27.9. The Labute approximate surface area is 144 Å². The van der Waals surface area contributed by atoms with Gasteiger partial charge in [0, 0.05) is 39.6 Å². The van der Waals surface area contributed by atoms with Gasteiger partial charge in [-0.2, -0.15) is 0 Å². The molecule has 1 aromatic carbocycles. The number of carbonyl (C=O) groups is 2. The molecule has 2 aliphatic rings. The molecule has 1 N–H and O–H groups in total. The van der Waals surface area contributed by atoms with Gasteiger partial charge in [-0.3, -0.25) is 4.79 Å². The molecule has 0 bridgehead atoms. The lowest BCUT2D eigenvalue weighted by Gasteiger charge is -2.30. The Morgan fingerprint density at radius 1 is 1.21 bits per heavy atom. The normalized spacial score (nSPS) is 16.5. The average Bonchev–Trinajstić information content (AvgIpc) is 2.98. The average molecular weight is 329 g/mol. The van der Waals surface area contributed by atoms with Gasteiger partial charge in [-0.05, 0) is 36.3 Å². The summed E-state index contributed by atoms with van der Waals surface area (Å²) in [6.07, 6.45) is 4.95. The smallest absolute Gasteiger partial charge is 0.317 e. The molecule has 0 unspecified atom stereocenters. The summed E-state index contributed by atoms with van der Waals surface area (Å²) in [7, 11) is 1.85. The van der Waals surface area contributed by atoms with E-state index in [9.17, 15) is 9.59 Å². The maximum Gasteiger partial charge on any atom is 0.317 e. The van der Waals surface area contributed by atoms with Crippen molar-refractivity contribution >= 4 is 11.9 Å². The number of amides is 3. The molecule has 0 aromatic heterocycles. The van der Waals surface area contributed by atoms with Gasteiger partial charge in [0.1, 0.15) is 0 Å². The molecule has 1 aliphatic carbocycles. The minimum atomic E-state index is -0.0251. The Kier molecular flexibility index (Phi) is 5.38. The number of nitrogens with zero attached hydrogens (tertiary/aromatic N) is 2. The maximum atomic E-state index is 12.3. The third kappa shape index (κ3) is 4.08. The summed E-state index contributed by atoms with van der Waals surface area (Å²) in [5.74, 6) is 0.849. The maximum absolute atomic E-state index is 12.3. The van der Waals surface area contributed by atoms with Gasteiger partial charge in [-0.15, -0.1) is 0 Å². The first-order valence-corrected chi connectivity index (χ1v) is 8.97. The Morgan fingerprint density at radius 2 is 1.88 bits per heavy atom. The van der Waals surface area contributed by atoms with E-state index >= 15 is 0 Å². The molecule has 1 heterocycles. The highest BCUT2D eigenvalue weighted by Gasteiger charge is 2.23. The van der Waals surface area contributed by atoms with E-state index in [1.54, 1.807) is 4.90 Å². The van der Waals surface area contributed by atoms with Crippen LogP contribution in [0.3, 0.4) is 0 Å². The largest absolute Gasteiger partial charge is 0.338 e. The Balaban J connectivity index is 1.32. The Bertz CT molecular complexity index is 573. The zero-order chi connectivity index (χ0) is 16.9. The van der Waals surface area contributed by atoms with Crippen molar-refractivity contribution in [1.29, 1.82) is 0 Å². The predicted octanol–water partition coefficient (Wildman–Crippen LogP) is 2.75. The molecule has 0 spiro atoms. The number of rotatable bonds is 6. The minimum Gasteiger partial charge on any atom is -0.338 e. The number of nitrogens with one attached hydrogen (secondary N) is 1. The van der Waals surface area contributed by atoms with E-state index in [-0.39, 0.29) is 11.9 Å². The third-order valence-corrected chi connectivity index (χ3v) is 5.14. The predicted molar refractivity (Wildman–Crippen MR) is 93.3 cm³/mol. The second-order valence-electron chi connectivity index (χ2n) is 7.03. The van der Waals surface area contributed by atoms with Gasteiger partial charge in [-0.25, -0.2) is 4.79 Å². The summed E-state index contributed by atoms with van der Waals surface area (Å²) in [6.45, 7) is 2.83. The van der Waals surface area contributed by atoms with Crippen LogP contribution in [0.5, 0.6) is 0 Å². The molecule has 0 atom stereocenters. The SMILES string of the molecule is CN(CC1CCC1)C(=O)NCCCC(=O)N1Cc2ccccc2C1. The lowest BCUT2D eigenvalue weighted by Crippen LogP contribution is -2.41. The molecule has 3 amide bonds. The van der Waals surface area contributed by atoms with Gasteiger partial charge >= 0.3 is 6.03 Å². The van der Waals surface area contributed by atoms with E-state index in [1.165, 1.54) is 30.4 Å². The van der Waals surface area contributed by atoms with Crippen LogP contribution in [0, 0.1) is 5.92 Å². The van der Waals surface area contributed by atoms with Gasteiger partial charge in [0.05, 0.1) is 0 Å². The molecule has 5 nitrogen and oxygen atoms in total. The fourth-order valence-electron chi connectivity index (χ4n) is 3.38. The van der Waals surface area contributed by atoms with Crippen LogP contribution in [0.4, 0.5) is 4.79 Å². The molecule has 0 radical (unpaired) electrons. The molecule has 3 rings (SSSR count). The first-order valence-electron chi connectivity index (χ1n) is 8.97. The number of fused-ring (bicyclic) bond motifs is 1. The summed E-state index contributed by atoms with van der Waals surface area (Å²) >= 11 is 0. The molecule has 24 heavy (non-hydrogen) atoms. The van der Waals surface area contributed by atoms with Gasteiger partial charge in [0.2, 0.25) is 5.91 Å². The number of carbonyl (C=O) groups excluding carboxylic acids is 2. The fourth-order valence-corrected chi connectivity index (χ4v) is 3.38. The summed E-state index contributed by atoms with van der Waals surface area (Å²) < 4.78 is 0. The van der Waals surface area contributed by atoms with Crippen molar-refractivity contribution in [2.24, 2.45) is 5.92 Å². The second kappa shape index (κ2) is 7.69. The van der Waals surface area contributed by atoms with Crippen molar-refractivity contribution in [1.82, 2.24) is 15.1 Å². The van der Waals surface area contributed by atoms with Crippen LogP contribution in [0.1, 0.15) is 43.2 Å². The highest BCUT2D eigenvalue weighted by molar-refractivity contribution is 5.77. The molecule has 1 fully saturated rings. The molecular weight excluding hydrogens is 302 g/mol. The zero-order valence-corrected chi connectivity index (χ0v) is 14.5. The van der Waals surface area contributed by atoms with Gasteiger partial charge < -0.3 is 15.1 Å². The topological polar surface area (TPSA) is 52.7 Å². The van der Waals surface area contributed by atoms with Crippen LogP contribution in [-0.2, 0) is 17.9 Å². The highest BCUT2D eigenvalue weighted by Crippen LogP contribution is 2.26. The van der Waals surface area contributed by atoms with Crippen LogP contribution in [0.25, 0.3) is 0 Å². The van der Waals surface area contributed by atoms with Crippen LogP contribution in [-0.4, -0.2) is 41.9 Å². The molecule has 0 saturated heterocycles. The lowest BCUT2D eigenvalue weighted by molar-refractivity contribution is -0.131. The Hall–Kier alpha value is -2.04.